The minimum Gasteiger partial charge on any atom is -0.462 e. The monoisotopic (exact) mass is 265 g/mol. The summed E-state index contributed by atoms with van der Waals surface area (Å²) in [7, 11) is 0. The number of nitrogens with zero attached hydrogens (tertiary/aromatic N) is 1. The normalized spacial score (nSPS) is 11.4. The maximum absolute atomic E-state index is 11.8. The third-order valence-corrected chi connectivity index (χ3v) is 2.48. The summed E-state index contributed by atoms with van der Waals surface area (Å²) >= 11 is 5.71. The maximum Gasteiger partial charge on any atom is 0.338 e. The van der Waals surface area contributed by atoms with E-state index in [1.807, 2.05) is 6.07 Å². The van der Waals surface area contributed by atoms with Gasteiger partial charge in [-0.15, -0.1) is 11.6 Å². The first-order chi connectivity index (χ1) is 8.51. The van der Waals surface area contributed by atoms with Crippen LogP contribution in [0.2, 0.25) is 0 Å². The molecule has 0 saturated carbocycles. The second-order valence-electron chi connectivity index (χ2n) is 3.57. The van der Waals surface area contributed by atoms with Gasteiger partial charge in [-0.05, 0) is 32.0 Å². The lowest BCUT2D eigenvalue weighted by Gasteiger charge is -2.07. The summed E-state index contributed by atoms with van der Waals surface area (Å²) < 4.78 is 4.83. The largest absolute Gasteiger partial charge is 0.462 e. The van der Waals surface area contributed by atoms with Gasteiger partial charge < -0.3 is 4.74 Å². The molecule has 0 aromatic heterocycles. The van der Waals surface area contributed by atoms with E-state index in [4.69, 9.17) is 21.6 Å². The molecule has 0 bridgehead atoms. The van der Waals surface area contributed by atoms with Crippen molar-refractivity contribution in [2.75, 3.05) is 6.61 Å². The van der Waals surface area contributed by atoms with E-state index in [0.29, 0.717) is 0 Å². The zero-order chi connectivity index (χ0) is 13.7. The Balaban J connectivity index is 3.23. The Labute approximate surface area is 110 Å². The SMILES string of the molecule is CCOC(=O)c1ccc(C#N)c(C(=O)C(C)Cl)c1. The van der Waals surface area contributed by atoms with Crippen LogP contribution in [-0.2, 0) is 4.74 Å². The number of ether oxygens (including phenoxy) is 1. The van der Waals surface area contributed by atoms with Gasteiger partial charge in [0.1, 0.15) is 0 Å². The van der Waals surface area contributed by atoms with Gasteiger partial charge >= 0.3 is 5.97 Å². The molecule has 0 amide bonds. The molecule has 4 nitrogen and oxygen atoms in total. The molecule has 0 saturated heterocycles. The number of Topliss-reactive ketones (excluding diaryl/α,β-unsaturated/α-hetero) is 1. The van der Waals surface area contributed by atoms with E-state index in [2.05, 4.69) is 0 Å². The highest BCUT2D eigenvalue weighted by atomic mass is 35.5. The molecule has 1 aromatic carbocycles. The smallest absolute Gasteiger partial charge is 0.338 e. The van der Waals surface area contributed by atoms with E-state index in [1.165, 1.54) is 25.1 Å². The highest BCUT2D eigenvalue weighted by Crippen LogP contribution is 2.16. The molecule has 0 fully saturated rings. The number of hydrogen-bond donors (Lipinski definition) is 0. The van der Waals surface area contributed by atoms with Gasteiger partial charge in [-0.1, -0.05) is 0 Å². The molecule has 0 aliphatic carbocycles. The number of benzene rings is 1. The van der Waals surface area contributed by atoms with Crippen LogP contribution >= 0.6 is 11.6 Å². The average Bonchev–Trinajstić information content (AvgIpc) is 2.37. The van der Waals surface area contributed by atoms with Crippen molar-refractivity contribution in [3.8, 4) is 6.07 Å². The summed E-state index contributed by atoms with van der Waals surface area (Å²) in [5, 5.41) is 8.17. The molecule has 1 rings (SSSR count). The van der Waals surface area contributed by atoms with Crippen LogP contribution in [0.3, 0.4) is 0 Å². The van der Waals surface area contributed by atoms with Gasteiger partial charge in [-0.2, -0.15) is 5.26 Å². The van der Waals surface area contributed by atoms with Crippen molar-refractivity contribution in [3.63, 3.8) is 0 Å². The van der Waals surface area contributed by atoms with Crippen LogP contribution in [0.1, 0.15) is 40.1 Å². The Hall–Kier alpha value is -1.86. The molecule has 18 heavy (non-hydrogen) atoms. The second-order valence-corrected chi connectivity index (χ2v) is 4.23. The summed E-state index contributed by atoms with van der Waals surface area (Å²) in [6.07, 6.45) is 0. The zero-order valence-electron chi connectivity index (χ0n) is 10.1. The van der Waals surface area contributed by atoms with Crippen LogP contribution in [0, 0.1) is 11.3 Å². The Morgan fingerprint density at radius 2 is 2.17 bits per heavy atom. The van der Waals surface area contributed by atoms with Crippen molar-refractivity contribution in [1.29, 1.82) is 5.26 Å². The van der Waals surface area contributed by atoms with Gasteiger partial charge in [0.2, 0.25) is 0 Å². The van der Waals surface area contributed by atoms with Gasteiger partial charge in [-0.25, -0.2) is 4.79 Å². The molecule has 0 spiro atoms. The lowest BCUT2D eigenvalue weighted by atomic mass is 10.00. The first-order valence-corrected chi connectivity index (χ1v) is 5.84. The van der Waals surface area contributed by atoms with Crippen molar-refractivity contribution < 1.29 is 14.3 Å². The molecule has 0 N–H and O–H groups in total. The van der Waals surface area contributed by atoms with Gasteiger partial charge in [0, 0.05) is 5.56 Å². The zero-order valence-corrected chi connectivity index (χ0v) is 10.8. The van der Waals surface area contributed by atoms with Crippen molar-refractivity contribution in [1.82, 2.24) is 0 Å². The Bertz CT molecular complexity index is 517. The molecule has 1 unspecified atom stereocenters. The summed E-state index contributed by atoms with van der Waals surface area (Å²) in [5.41, 5.74) is 0.572. The second kappa shape index (κ2) is 6.18. The number of carbonyl (C=O) groups excluding carboxylic acids is 2. The molecular formula is C13H12ClNO3. The Morgan fingerprint density at radius 1 is 1.50 bits per heavy atom. The molecule has 0 heterocycles. The first-order valence-electron chi connectivity index (χ1n) is 5.40. The number of ketones is 1. The van der Waals surface area contributed by atoms with E-state index >= 15 is 0 Å². The fourth-order valence-electron chi connectivity index (χ4n) is 1.40. The molecular weight excluding hydrogens is 254 g/mol. The van der Waals surface area contributed by atoms with Crippen molar-refractivity contribution in [2.45, 2.75) is 19.2 Å². The number of nitriles is 1. The van der Waals surface area contributed by atoms with Gasteiger partial charge in [0.15, 0.2) is 5.78 Å². The fourth-order valence-corrected chi connectivity index (χ4v) is 1.52. The van der Waals surface area contributed by atoms with E-state index in [0.717, 1.165) is 0 Å². The minimum absolute atomic E-state index is 0.144. The maximum atomic E-state index is 11.8. The lowest BCUT2D eigenvalue weighted by molar-refractivity contribution is 0.0526. The molecule has 1 aromatic rings. The lowest BCUT2D eigenvalue weighted by Crippen LogP contribution is -2.14. The number of carbonyl (C=O) groups is 2. The average molecular weight is 266 g/mol. The highest BCUT2D eigenvalue weighted by molar-refractivity contribution is 6.33. The molecule has 0 radical (unpaired) electrons. The predicted octanol–water partition coefficient (Wildman–Crippen LogP) is 2.54. The van der Waals surface area contributed by atoms with Crippen LogP contribution in [0.25, 0.3) is 0 Å². The number of alkyl halides is 1. The standard InChI is InChI=1S/C13H12ClNO3/c1-3-18-13(17)9-4-5-10(7-15)11(6-9)12(16)8(2)14/h4-6,8H,3H2,1-2H3. The summed E-state index contributed by atoms with van der Waals surface area (Å²) in [5.74, 6) is -0.919. The van der Waals surface area contributed by atoms with Crippen LogP contribution in [0.5, 0.6) is 0 Å². The van der Waals surface area contributed by atoms with Crippen LogP contribution in [0.4, 0.5) is 0 Å². The Morgan fingerprint density at radius 3 is 2.67 bits per heavy atom. The van der Waals surface area contributed by atoms with Crippen LogP contribution < -0.4 is 0 Å². The summed E-state index contributed by atoms with van der Waals surface area (Å²) in [6.45, 7) is 3.45. The quantitative estimate of drug-likeness (QED) is 0.477. The van der Waals surface area contributed by atoms with Gasteiger partial charge in [0.25, 0.3) is 0 Å². The summed E-state index contributed by atoms with van der Waals surface area (Å²) in [4.78, 5) is 23.4. The van der Waals surface area contributed by atoms with E-state index < -0.39 is 11.3 Å². The van der Waals surface area contributed by atoms with Crippen LogP contribution in [-0.4, -0.2) is 23.7 Å². The van der Waals surface area contributed by atoms with Crippen molar-refractivity contribution in [2.24, 2.45) is 0 Å². The summed E-state index contributed by atoms with van der Waals surface area (Å²) in [6, 6.07) is 6.11. The number of hydrogen-bond acceptors (Lipinski definition) is 4. The third kappa shape index (κ3) is 3.08. The van der Waals surface area contributed by atoms with Crippen molar-refractivity contribution >= 4 is 23.4 Å². The molecule has 5 heteroatoms. The number of halogens is 1. The Kier molecular flexibility index (Phi) is 4.87. The molecule has 0 aliphatic rings. The number of esters is 1. The third-order valence-electron chi connectivity index (χ3n) is 2.28. The topological polar surface area (TPSA) is 67.2 Å². The molecule has 1 atom stereocenters. The van der Waals surface area contributed by atoms with Gasteiger partial charge in [0.05, 0.1) is 29.2 Å². The first kappa shape index (κ1) is 14.2. The molecule has 0 aliphatic heterocycles. The minimum atomic E-state index is -0.755. The van der Waals surface area contributed by atoms with Gasteiger partial charge in [-0.3, -0.25) is 4.79 Å². The number of rotatable bonds is 4. The van der Waals surface area contributed by atoms with E-state index in [1.54, 1.807) is 6.92 Å². The van der Waals surface area contributed by atoms with Crippen LogP contribution in [0.15, 0.2) is 18.2 Å². The van der Waals surface area contributed by atoms with E-state index in [9.17, 15) is 9.59 Å². The molecule has 94 valence electrons. The van der Waals surface area contributed by atoms with Crippen molar-refractivity contribution in [3.05, 3.63) is 34.9 Å². The van der Waals surface area contributed by atoms with E-state index in [-0.39, 0.29) is 29.1 Å². The predicted molar refractivity (Wildman–Crippen MR) is 66.8 cm³/mol. The highest BCUT2D eigenvalue weighted by Gasteiger charge is 2.19. The fraction of sp³-hybridized carbons (Fsp3) is 0.308.